The van der Waals surface area contributed by atoms with E-state index in [1.807, 2.05) is 34.6 Å². The summed E-state index contributed by atoms with van der Waals surface area (Å²) < 4.78 is 12.2. The van der Waals surface area contributed by atoms with Crippen molar-refractivity contribution in [3.8, 4) is 0 Å². The van der Waals surface area contributed by atoms with E-state index in [2.05, 4.69) is 4.98 Å². The standard InChI is InChI=1S/C14H22BClN2O2/c1-9(17)6-10-8-18-12(16)7-11(10)15-19-13(2,3)14(4,5)20-15/h7-9H,6,17H2,1-5H3. The summed E-state index contributed by atoms with van der Waals surface area (Å²) in [5.74, 6) is 0. The lowest BCUT2D eigenvalue weighted by atomic mass is 9.75. The highest BCUT2D eigenvalue weighted by atomic mass is 35.5. The predicted octanol–water partition coefficient (Wildman–Crippen LogP) is 1.92. The van der Waals surface area contributed by atoms with E-state index in [1.54, 1.807) is 12.3 Å². The van der Waals surface area contributed by atoms with Crippen molar-refractivity contribution in [3.05, 3.63) is 23.0 Å². The zero-order chi connectivity index (χ0) is 15.1. The third-order valence-corrected chi connectivity index (χ3v) is 4.24. The molecule has 2 N–H and O–H groups in total. The molecule has 6 heteroatoms. The maximum atomic E-state index is 6.08. The summed E-state index contributed by atoms with van der Waals surface area (Å²) in [6, 6.07) is 1.85. The maximum Gasteiger partial charge on any atom is 0.495 e. The summed E-state index contributed by atoms with van der Waals surface area (Å²) >= 11 is 6.02. The Kier molecular flexibility index (Phi) is 4.18. The van der Waals surface area contributed by atoms with Gasteiger partial charge in [-0.05, 0) is 58.1 Å². The number of hydrogen-bond acceptors (Lipinski definition) is 4. The lowest BCUT2D eigenvalue weighted by Gasteiger charge is -2.32. The topological polar surface area (TPSA) is 57.4 Å². The molecule has 0 spiro atoms. The number of halogens is 1. The molecule has 110 valence electrons. The minimum atomic E-state index is -0.436. The number of pyridine rings is 1. The number of hydrogen-bond donors (Lipinski definition) is 1. The van der Waals surface area contributed by atoms with E-state index in [-0.39, 0.29) is 17.2 Å². The monoisotopic (exact) mass is 296 g/mol. The average molecular weight is 297 g/mol. The molecule has 20 heavy (non-hydrogen) atoms. The number of rotatable bonds is 3. The fourth-order valence-corrected chi connectivity index (χ4v) is 2.35. The molecule has 1 fully saturated rings. The van der Waals surface area contributed by atoms with E-state index in [0.29, 0.717) is 11.6 Å². The van der Waals surface area contributed by atoms with Crippen molar-refractivity contribution in [2.75, 3.05) is 0 Å². The molecule has 2 heterocycles. The second kappa shape index (κ2) is 5.30. The molecule has 1 unspecified atom stereocenters. The van der Waals surface area contributed by atoms with Crippen molar-refractivity contribution >= 4 is 24.2 Å². The van der Waals surface area contributed by atoms with Gasteiger partial charge in [0.1, 0.15) is 5.15 Å². The number of aromatic nitrogens is 1. The minimum absolute atomic E-state index is 0.0409. The van der Waals surface area contributed by atoms with Crippen LogP contribution in [0.4, 0.5) is 0 Å². The Morgan fingerprint density at radius 3 is 2.35 bits per heavy atom. The SMILES string of the molecule is CC(N)Cc1cnc(Cl)cc1B1OC(C)(C)C(C)(C)O1. The normalized spacial score (nSPS) is 22.1. The summed E-state index contributed by atoms with van der Waals surface area (Å²) in [6.45, 7) is 10.1. The molecule has 0 aromatic carbocycles. The van der Waals surface area contributed by atoms with Crippen LogP contribution in [0.2, 0.25) is 5.15 Å². The summed E-state index contributed by atoms with van der Waals surface area (Å²) in [6.07, 6.45) is 2.47. The predicted molar refractivity (Wildman–Crippen MR) is 82.3 cm³/mol. The molecule has 0 amide bonds. The van der Waals surface area contributed by atoms with Crippen molar-refractivity contribution in [3.63, 3.8) is 0 Å². The van der Waals surface area contributed by atoms with Gasteiger partial charge in [-0.25, -0.2) is 4.98 Å². The van der Waals surface area contributed by atoms with Crippen molar-refractivity contribution < 1.29 is 9.31 Å². The first-order valence-electron chi connectivity index (χ1n) is 6.88. The van der Waals surface area contributed by atoms with Gasteiger partial charge >= 0.3 is 7.12 Å². The van der Waals surface area contributed by atoms with Crippen LogP contribution in [0.15, 0.2) is 12.3 Å². The molecule has 0 bridgehead atoms. The van der Waals surface area contributed by atoms with Gasteiger partial charge in [-0.1, -0.05) is 11.6 Å². The van der Waals surface area contributed by atoms with Crippen molar-refractivity contribution in [1.29, 1.82) is 0 Å². The summed E-state index contributed by atoms with van der Waals surface area (Å²) in [4.78, 5) is 4.14. The largest absolute Gasteiger partial charge is 0.495 e. The first kappa shape index (κ1) is 15.8. The van der Waals surface area contributed by atoms with Crippen LogP contribution in [0, 0.1) is 0 Å². The Balaban J connectivity index is 2.36. The van der Waals surface area contributed by atoms with E-state index in [4.69, 9.17) is 26.6 Å². The molecule has 0 aliphatic carbocycles. The Morgan fingerprint density at radius 2 is 1.85 bits per heavy atom. The highest BCUT2D eigenvalue weighted by molar-refractivity contribution is 6.63. The zero-order valence-corrected chi connectivity index (χ0v) is 13.5. The van der Waals surface area contributed by atoms with E-state index in [9.17, 15) is 0 Å². The summed E-state index contributed by atoms with van der Waals surface area (Å²) in [7, 11) is -0.436. The highest BCUT2D eigenvalue weighted by Gasteiger charge is 2.52. The molecule has 1 aromatic heterocycles. The van der Waals surface area contributed by atoms with Crippen LogP contribution in [-0.2, 0) is 15.7 Å². The van der Waals surface area contributed by atoms with Crippen molar-refractivity contribution in [2.24, 2.45) is 5.73 Å². The Bertz CT molecular complexity index is 490. The first-order valence-corrected chi connectivity index (χ1v) is 7.26. The van der Waals surface area contributed by atoms with E-state index < -0.39 is 7.12 Å². The maximum absolute atomic E-state index is 6.08. The van der Waals surface area contributed by atoms with Crippen LogP contribution in [0.25, 0.3) is 0 Å². The van der Waals surface area contributed by atoms with Gasteiger partial charge in [0.2, 0.25) is 0 Å². The second-order valence-electron chi connectivity index (χ2n) is 6.48. The van der Waals surface area contributed by atoms with Crippen LogP contribution in [0.5, 0.6) is 0 Å². The molecule has 1 aromatic rings. The Labute approximate surface area is 126 Å². The number of nitrogens with zero attached hydrogens (tertiary/aromatic N) is 1. The highest BCUT2D eigenvalue weighted by Crippen LogP contribution is 2.36. The zero-order valence-electron chi connectivity index (χ0n) is 12.7. The second-order valence-corrected chi connectivity index (χ2v) is 6.86. The minimum Gasteiger partial charge on any atom is -0.399 e. The van der Waals surface area contributed by atoms with Crippen LogP contribution < -0.4 is 11.2 Å². The van der Waals surface area contributed by atoms with Gasteiger partial charge in [0.05, 0.1) is 11.2 Å². The summed E-state index contributed by atoms with van der Waals surface area (Å²) in [5, 5.41) is 0.433. The van der Waals surface area contributed by atoms with E-state index >= 15 is 0 Å². The van der Waals surface area contributed by atoms with Gasteiger partial charge in [0, 0.05) is 12.2 Å². The molecular formula is C14H22BClN2O2. The molecule has 1 atom stereocenters. The third kappa shape index (κ3) is 3.01. The van der Waals surface area contributed by atoms with E-state index in [1.165, 1.54) is 0 Å². The molecular weight excluding hydrogens is 274 g/mol. The molecule has 1 aliphatic rings. The Morgan fingerprint density at radius 1 is 1.30 bits per heavy atom. The molecule has 4 nitrogen and oxygen atoms in total. The van der Waals surface area contributed by atoms with Crippen LogP contribution in [0.3, 0.4) is 0 Å². The van der Waals surface area contributed by atoms with Gasteiger partial charge in [0.15, 0.2) is 0 Å². The van der Waals surface area contributed by atoms with Gasteiger partial charge in [-0.3, -0.25) is 0 Å². The van der Waals surface area contributed by atoms with Gasteiger partial charge in [0.25, 0.3) is 0 Å². The average Bonchev–Trinajstić information content (AvgIpc) is 2.50. The van der Waals surface area contributed by atoms with Crippen LogP contribution >= 0.6 is 11.6 Å². The van der Waals surface area contributed by atoms with Crippen LogP contribution in [0.1, 0.15) is 40.2 Å². The lowest BCUT2D eigenvalue weighted by Crippen LogP contribution is -2.41. The van der Waals surface area contributed by atoms with Crippen molar-refractivity contribution in [1.82, 2.24) is 4.98 Å². The molecule has 0 radical (unpaired) electrons. The first-order chi connectivity index (χ1) is 9.12. The van der Waals surface area contributed by atoms with Gasteiger partial charge in [-0.2, -0.15) is 0 Å². The van der Waals surface area contributed by atoms with E-state index in [0.717, 1.165) is 11.0 Å². The van der Waals surface area contributed by atoms with Crippen LogP contribution in [-0.4, -0.2) is 29.3 Å². The fraction of sp³-hybridized carbons (Fsp3) is 0.643. The molecule has 0 saturated carbocycles. The molecule has 1 aliphatic heterocycles. The van der Waals surface area contributed by atoms with Gasteiger partial charge in [-0.15, -0.1) is 0 Å². The van der Waals surface area contributed by atoms with Crippen molar-refractivity contribution in [2.45, 2.75) is 58.3 Å². The lowest BCUT2D eigenvalue weighted by molar-refractivity contribution is 0.00578. The third-order valence-electron chi connectivity index (χ3n) is 4.04. The van der Waals surface area contributed by atoms with Gasteiger partial charge < -0.3 is 15.0 Å². The summed E-state index contributed by atoms with van der Waals surface area (Å²) in [5.41, 5.74) is 7.08. The quantitative estimate of drug-likeness (QED) is 0.684. The smallest absolute Gasteiger partial charge is 0.399 e. The fourth-order valence-electron chi connectivity index (χ4n) is 2.18. The molecule has 1 saturated heterocycles. The Hall–Kier alpha value is -0.615. The number of nitrogens with two attached hydrogens (primary N) is 1. The molecule has 2 rings (SSSR count).